The molecular weight excluding hydrogens is 500 g/mol. The molecule has 7 nitrogen and oxygen atoms in total. The Morgan fingerprint density at radius 2 is 1.82 bits per heavy atom. The van der Waals surface area contributed by atoms with Gasteiger partial charge in [-0.2, -0.15) is 4.57 Å². The maximum absolute atomic E-state index is 6.50. The summed E-state index contributed by atoms with van der Waals surface area (Å²) in [4.78, 5) is 4.43. The average Bonchev–Trinajstić information content (AvgIpc) is 3.32. The van der Waals surface area contributed by atoms with Crippen molar-refractivity contribution in [1.82, 2.24) is 4.98 Å². The second kappa shape index (κ2) is 9.02. The molecule has 0 saturated heterocycles. The number of aryl methyl sites for hydroxylation is 2. The van der Waals surface area contributed by atoms with Gasteiger partial charge in [-0.1, -0.05) is 6.07 Å². The van der Waals surface area contributed by atoms with Gasteiger partial charge in [0.25, 0.3) is 5.69 Å². The molecule has 4 aromatic rings. The number of hydrogen-bond acceptors (Lipinski definition) is 6. The van der Waals surface area contributed by atoms with Crippen LogP contribution >= 0.6 is 0 Å². The van der Waals surface area contributed by atoms with E-state index in [1.807, 2.05) is 30.3 Å². The summed E-state index contributed by atoms with van der Waals surface area (Å²) >= 11 is 0. The summed E-state index contributed by atoms with van der Waals surface area (Å²) in [6, 6.07) is 13.9. The lowest BCUT2D eigenvalue weighted by atomic mass is 9.94. The molecule has 0 atom stereocenters. The van der Waals surface area contributed by atoms with Gasteiger partial charge in [0.05, 0.1) is 30.9 Å². The van der Waals surface area contributed by atoms with Gasteiger partial charge in [-0.3, -0.25) is 4.98 Å². The molecule has 0 bridgehead atoms. The summed E-state index contributed by atoms with van der Waals surface area (Å²) in [5, 5.41) is 1.88. The van der Waals surface area contributed by atoms with Crippen LogP contribution in [0.3, 0.4) is 0 Å². The topological polar surface area (TPSA) is 62.9 Å². The smallest absolute Gasteiger partial charge is 0.256 e. The molecule has 0 saturated carbocycles. The first-order valence-electron chi connectivity index (χ1n) is 10.8. The zero-order chi connectivity index (χ0) is 22.4. The van der Waals surface area contributed by atoms with Crippen LogP contribution in [0.4, 0.5) is 0 Å². The second-order valence-electron chi connectivity index (χ2n) is 7.98. The van der Waals surface area contributed by atoms with E-state index in [9.17, 15) is 0 Å². The molecule has 2 aromatic carbocycles. The predicted octanol–water partition coefficient (Wildman–Crippen LogP) is 1.07. The molecule has 34 heavy (non-hydrogen) atoms. The van der Waals surface area contributed by atoms with Crippen LogP contribution in [-0.2, 0) is 19.6 Å². The SMILES string of the molecule is COc1ccc2c(OCc3ccccn3)c3[n+](cc2c1OC)CCc1cc2c(cc1-3)OCO2.[Br-]. The number of aromatic nitrogens is 2. The molecule has 4 heterocycles. The fraction of sp³-hybridized carbons (Fsp3) is 0.231. The van der Waals surface area contributed by atoms with Gasteiger partial charge in [-0.05, 0) is 42.0 Å². The molecule has 8 heteroatoms. The highest BCUT2D eigenvalue weighted by molar-refractivity contribution is 5.97. The lowest BCUT2D eigenvalue weighted by Gasteiger charge is -2.21. The molecule has 6 rings (SSSR count). The third-order valence-electron chi connectivity index (χ3n) is 6.18. The molecule has 2 aliphatic heterocycles. The number of methoxy groups -OCH3 is 2. The Hall–Kier alpha value is -3.52. The summed E-state index contributed by atoms with van der Waals surface area (Å²) in [5.41, 5.74) is 4.15. The van der Waals surface area contributed by atoms with Crippen LogP contribution in [0, 0.1) is 0 Å². The van der Waals surface area contributed by atoms with Crippen LogP contribution < -0.4 is 45.2 Å². The molecule has 2 aromatic heterocycles. The normalized spacial score (nSPS) is 13.0. The van der Waals surface area contributed by atoms with Crippen molar-refractivity contribution in [2.24, 2.45) is 0 Å². The summed E-state index contributed by atoms with van der Waals surface area (Å²) in [6.45, 7) is 1.40. The highest BCUT2D eigenvalue weighted by Gasteiger charge is 2.33. The minimum Gasteiger partial charge on any atom is -1.00 e. The van der Waals surface area contributed by atoms with E-state index in [4.69, 9.17) is 23.7 Å². The second-order valence-corrected chi connectivity index (χ2v) is 7.98. The maximum atomic E-state index is 6.50. The standard InChI is InChI=1S/C26H23N2O5.BrH/c1-29-21-7-6-18-20(25(21)30-2)13-28-10-8-16-11-22-23(33-15-32-22)12-19(16)24(28)26(18)31-14-17-5-3-4-9-27-17;/h3-7,9,11-13H,8,10,14-15H2,1-2H3;1H/q+1;/p-1. The Labute approximate surface area is 207 Å². The van der Waals surface area contributed by atoms with Crippen LogP contribution in [0.25, 0.3) is 22.0 Å². The zero-order valence-corrected chi connectivity index (χ0v) is 20.4. The van der Waals surface area contributed by atoms with Crippen molar-refractivity contribution in [1.29, 1.82) is 0 Å². The number of nitrogens with zero attached hydrogens (tertiary/aromatic N) is 2. The Kier molecular flexibility index (Phi) is 5.91. The van der Waals surface area contributed by atoms with Crippen molar-refractivity contribution < 1.29 is 45.2 Å². The molecule has 0 fully saturated rings. The van der Waals surface area contributed by atoms with E-state index < -0.39 is 0 Å². The summed E-state index contributed by atoms with van der Waals surface area (Å²) < 4.78 is 31.3. The Morgan fingerprint density at radius 3 is 2.59 bits per heavy atom. The van der Waals surface area contributed by atoms with Crippen molar-refractivity contribution in [3.63, 3.8) is 0 Å². The first-order valence-corrected chi connectivity index (χ1v) is 10.8. The van der Waals surface area contributed by atoms with E-state index in [1.54, 1.807) is 20.4 Å². The molecule has 0 amide bonds. The van der Waals surface area contributed by atoms with Gasteiger partial charge >= 0.3 is 0 Å². The molecule has 0 spiro atoms. The van der Waals surface area contributed by atoms with E-state index in [-0.39, 0.29) is 23.8 Å². The first kappa shape index (κ1) is 22.3. The minimum absolute atomic E-state index is 0. The fourth-order valence-corrected chi connectivity index (χ4v) is 4.64. The van der Waals surface area contributed by atoms with Crippen LogP contribution in [0.2, 0.25) is 0 Å². The molecule has 0 aliphatic carbocycles. The zero-order valence-electron chi connectivity index (χ0n) is 18.8. The van der Waals surface area contributed by atoms with E-state index in [1.165, 1.54) is 5.56 Å². The van der Waals surface area contributed by atoms with E-state index in [0.717, 1.165) is 57.9 Å². The third-order valence-corrected chi connectivity index (χ3v) is 6.18. The third kappa shape index (κ3) is 3.58. The van der Waals surface area contributed by atoms with Crippen LogP contribution in [-0.4, -0.2) is 26.0 Å². The lowest BCUT2D eigenvalue weighted by Crippen LogP contribution is -3.00. The monoisotopic (exact) mass is 522 g/mol. The molecule has 0 N–H and O–H groups in total. The van der Waals surface area contributed by atoms with Crippen molar-refractivity contribution >= 4 is 10.8 Å². The number of ether oxygens (including phenoxy) is 5. The number of hydrogen-bond donors (Lipinski definition) is 0. The van der Waals surface area contributed by atoms with Gasteiger partial charge in [-0.25, -0.2) is 0 Å². The highest BCUT2D eigenvalue weighted by atomic mass is 79.9. The molecular formula is C26H23BrN2O5. The lowest BCUT2D eigenvalue weighted by molar-refractivity contribution is -0.686. The number of fused-ring (bicyclic) bond motifs is 5. The molecule has 0 radical (unpaired) electrons. The van der Waals surface area contributed by atoms with Crippen LogP contribution in [0.5, 0.6) is 28.7 Å². The number of pyridine rings is 2. The first-order chi connectivity index (χ1) is 16.3. The molecule has 174 valence electrons. The van der Waals surface area contributed by atoms with Crippen LogP contribution in [0.15, 0.2) is 54.9 Å². The number of rotatable bonds is 5. The Morgan fingerprint density at radius 1 is 0.971 bits per heavy atom. The Balaban J connectivity index is 0.00000241. The van der Waals surface area contributed by atoms with Crippen molar-refractivity contribution in [2.45, 2.75) is 19.6 Å². The van der Waals surface area contributed by atoms with Gasteiger partial charge in [0, 0.05) is 18.0 Å². The Bertz CT molecular complexity index is 1380. The van der Waals surface area contributed by atoms with Gasteiger partial charge < -0.3 is 40.7 Å². The molecule has 2 aliphatic rings. The number of benzene rings is 2. The summed E-state index contributed by atoms with van der Waals surface area (Å²) in [6.07, 6.45) is 4.77. The van der Waals surface area contributed by atoms with E-state index in [2.05, 4.69) is 27.9 Å². The van der Waals surface area contributed by atoms with Gasteiger partial charge in [-0.15, -0.1) is 0 Å². The van der Waals surface area contributed by atoms with Crippen molar-refractivity contribution in [3.8, 4) is 40.0 Å². The minimum atomic E-state index is 0. The summed E-state index contributed by atoms with van der Waals surface area (Å²) in [7, 11) is 3.30. The number of halogens is 1. The largest absolute Gasteiger partial charge is 1.00 e. The quantitative estimate of drug-likeness (QED) is 0.365. The van der Waals surface area contributed by atoms with Gasteiger partial charge in [0.15, 0.2) is 41.5 Å². The van der Waals surface area contributed by atoms with Gasteiger partial charge in [0.2, 0.25) is 6.79 Å². The highest BCUT2D eigenvalue weighted by Crippen LogP contribution is 2.46. The van der Waals surface area contributed by atoms with Gasteiger partial charge in [0.1, 0.15) is 6.61 Å². The van der Waals surface area contributed by atoms with Crippen molar-refractivity contribution in [2.75, 3.05) is 21.0 Å². The average molecular weight is 523 g/mol. The fourth-order valence-electron chi connectivity index (χ4n) is 4.64. The predicted molar refractivity (Wildman–Crippen MR) is 121 cm³/mol. The van der Waals surface area contributed by atoms with E-state index >= 15 is 0 Å². The maximum Gasteiger partial charge on any atom is 0.256 e. The summed E-state index contributed by atoms with van der Waals surface area (Å²) in [5.74, 6) is 3.69. The van der Waals surface area contributed by atoms with Crippen LogP contribution in [0.1, 0.15) is 11.3 Å². The van der Waals surface area contributed by atoms with Crippen molar-refractivity contribution in [3.05, 3.63) is 66.1 Å². The molecule has 0 unspecified atom stereocenters. The van der Waals surface area contributed by atoms with E-state index in [0.29, 0.717) is 18.1 Å².